The molecule has 122 valence electrons. The number of hydrogen-bond acceptors (Lipinski definition) is 6. The van der Waals surface area contributed by atoms with Gasteiger partial charge in [-0.05, 0) is 29.8 Å². The highest BCUT2D eigenvalue weighted by atomic mass is 15.1. The summed E-state index contributed by atoms with van der Waals surface area (Å²) in [7, 11) is 0. The van der Waals surface area contributed by atoms with Gasteiger partial charge in [0, 0.05) is 6.20 Å². The standard InChI is InChI=1S/C19H16N6/c20-16-10-9-14-18(24-16)22-12-23-19(14)25-17(13-6-2-1-3-7-13)15-8-4-5-11-21-15/h1-12,17H,(H3,20,22,23,24,25). The van der Waals surface area contributed by atoms with Gasteiger partial charge in [-0.2, -0.15) is 0 Å². The number of nitrogens with two attached hydrogens (primary N) is 1. The molecule has 0 bridgehead atoms. The van der Waals surface area contributed by atoms with Gasteiger partial charge in [-0.3, -0.25) is 4.98 Å². The number of anilines is 2. The van der Waals surface area contributed by atoms with E-state index in [1.165, 1.54) is 6.33 Å². The third-order valence-corrected chi connectivity index (χ3v) is 3.92. The molecule has 25 heavy (non-hydrogen) atoms. The van der Waals surface area contributed by atoms with E-state index in [9.17, 15) is 0 Å². The Labute approximate surface area is 144 Å². The van der Waals surface area contributed by atoms with Crippen molar-refractivity contribution in [1.82, 2.24) is 19.9 Å². The van der Waals surface area contributed by atoms with Crippen LogP contribution in [0.3, 0.4) is 0 Å². The Kier molecular flexibility index (Phi) is 3.92. The quantitative estimate of drug-likeness (QED) is 0.598. The molecule has 6 heteroatoms. The molecule has 4 rings (SSSR count). The molecule has 0 saturated carbocycles. The van der Waals surface area contributed by atoms with Crippen molar-refractivity contribution in [2.45, 2.75) is 6.04 Å². The van der Waals surface area contributed by atoms with Crippen molar-refractivity contribution in [2.24, 2.45) is 0 Å². The first-order valence-corrected chi connectivity index (χ1v) is 7.91. The molecule has 3 N–H and O–H groups in total. The zero-order valence-corrected chi connectivity index (χ0v) is 13.4. The highest BCUT2D eigenvalue weighted by molar-refractivity contribution is 5.87. The number of hydrogen-bond donors (Lipinski definition) is 2. The fourth-order valence-corrected chi connectivity index (χ4v) is 2.73. The monoisotopic (exact) mass is 328 g/mol. The van der Waals surface area contributed by atoms with Gasteiger partial charge >= 0.3 is 0 Å². The second-order valence-corrected chi connectivity index (χ2v) is 5.57. The van der Waals surface area contributed by atoms with Crippen LogP contribution in [0.25, 0.3) is 11.0 Å². The average Bonchev–Trinajstić information content (AvgIpc) is 2.67. The van der Waals surface area contributed by atoms with Crippen LogP contribution in [0.1, 0.15) is 17.3 Å². The molecule has 3 heterocycles. The Morgan fingerprint density at radius 2 is 1.68 bits per heavy atom. The molecule has 0 radical (unpaired) electrons. The predicted octanol–water partition coefficient (Wildman–Crippen LogP) is 3.20. The molecule has 0 aliphatic rings. The summed E-state index contributed by atoms with van der Waals surface area (Å²) in [5.41, 5.74) is 8.32. The number of aromatic nitrogens is 4. The third kappa shape index (κ3) is 3.10. The highest BCUT2D eigenvalue weighted by Crippen LogP contribution is 2.27. The van der Waals surface area contributed by atoms with E-state index in [1.807, 2.05) is 42.5 Å². The van der Waals surface area contributed by atoms with E-state index in [0.717, 1.165) is 16.6 Å². The van der Waals surface area contributed by atoms with Crippen LogP contribution in [0.15, 0.2) is 73.2 Å². The second kappa shape index (κ2) is 6.52. The van der Waals surface area contributed by atoms with Crippen LogP contribution in [-0.2, 0) is 0 Å². The number of rotatable bonds is 4. The first-order chi connectivity index (χ1) is 12.3. The lowest BCUT2D eigenvalue weighted by Gasteiger charge is -2.20. The normalized spacial score (nSPS) is 12.0. The summed E-state index contributed by atoms with van der Waals surface area (Å²) in [6, 6.07) is 19.5. The van der Waals surface area contributed by atoms with Crippen molar-refractivity contribution in [2.75, 3.05) is 11.1 Å². The van der Waals surface area contributed by atoms with E-state index in [4.69, 9.17) is 5.73 Å². The molecular formula is C19H16N6. The smallest absolute Gasteiger partial charge is 0.166 e. The second-order valence-electron chi connectivity index (χ2n) is 5.57. The first kappa shape index (κ1) is 15.0. The summed E-state index contributed by atoms with van der Waals surface area (Å²) in [6.07, 6.45) is 3.27. The van der Waals surface area contributed by atoms with Gasteiger partial charge < -0.3 is 11.1 Å². The van der Waals surface area contributed by atoms with Gasteiger partial charge in [0.2, 0.25) is 0 Å². The van der Waals surface area contributed by atoms with Crippen LogP contribution >= 0.6 is 0 Å². The lowest BCUT2D eigenvalue weighted by Crippen LogP contribution is -2.15. The van der Waals surface area contributed by atoms with Gasteiger partial charge in [0.25, 0.3) is 0 Å². The fourth-order valence-electron chi connectivity index (χ4n) is 2.73. The summed E-state index contributed by atoms with van der Waals surface area (Å²) < 4.78 is 0. The zero-order chi connectivity index (χ0) is 17.1. The molecule has 3 aromatic heterocycles. The van der Waals surface area contributed by atoms with Crippen LogP contribution < -0.4 is 11.1 Å². The molecule has 0 fully saturated rings. The molecule has 1 unspecified atom stereocenters. The van der Waals surface area contributed by atoms with Crippen molar-refractivity contribution < 1.29 is 0 Å². The topological polar surface area (TPSA) is 89.6 Å². The Balaban J connectivity index is 1.80. The van der Waals surface area contributed by atoms with E-state index in [-0.39, 0.29) is 6.04 Å². The molecule has 0 aliphatic heterocycles. The maximum atomic E-state index is 5.76. The maximum absolute atomic E-state index is 5.76. The van der Waals surface area contributed by atoms with Crippen molar-refractivity contribution in [1.29, 1.82) is 0 Å². The van der Waals surface area contributed by atoms with Crippen LogP contribution in [0.4, 0.5) is 11.6 Å². The molecule has 0 amide bonds. The lowest BCUT2D eigenvalue weighted by atomic mass is 10.0. The third-order valence-electron chi connectivity index (χ3n) is 3.92. The number of fused-ring (bicyclic) bond motifs is 1. The van der Waals surface area contributed by atoms with Gasteiger partial charge in [-0.15, -0.1) is 0 Å². The largest absolute Gasteiger partial charge is 0.384 e. The minimum absolute atomic E-state index is 0.141. The Hall–Kier alpha value is -3.54. The van der Waals surface area contributed by atoms with Gasteiger partial charge in [0.15, 0.2) is 5.65 Å². The van der Waals surface area contributed by atoms with Crippen LogP contribution in [0, 0.1) is 0 Å². The average molecular weight is 328 g/mol. The van der Waals surface area contributed by atoms with E-state index >= 15 is 0 Å². The number of nitrogens with one attached hydrogen (secondary N) is 1. The molecular weight excluding hydrogens is 312 g/mol. The summed E-state index contributed by atoms with van der Waals surface area (Å²) >= 11 is 0. The van der Waals surface area contributed by atoms with Crippen LogP contribution in [0.2, 0.25) is 0 Å². The summed E-state index contributed by atoms with van der Waals surface area (Å²) in [5, 5.41) is 4.29. The number of nitrogens with zero attached hydrogens (tertiary/aromatic N) is 4. The molecule has 6 nitrogen and oxygen atoms in total. The number of pyridine rings is 2. The number of benzene rings is 1. The summed E-state index contributed by atoms with van der Waals surface area (Å²) in [6.45, 7) is 0. The van der Waals surface area contributed by atoms with Gasteiger partial charge in [-0.1, -0.05) is 36.4 Å². The molecule has 0 spiro atoms. The summed E-state index contributed by atoms with van der Waals surface area (Å²) in [4.78, 5) is 17.4. The Bertz CT molecular complexity index is 949. The first-order valence-electron chi connectivity index (χ1n) is 7.91. The highest BCUT2D eigenvalue weighted by Gasteiger charge is 2.17. The molecule has 4 aromatic rings. The van der Waals surface area contributed by atoms with Gasteiger partial charge in [0.1, 0.15) is 18.0 Å². The predicted molar refractivity (Wildman–Crippen MR) is 97.9 cm³/mol. The maximum Gasteiger partial charge on any atom is 0.166 e. The van der Waals surface area contributed by atoms with Crippen molar-refractivity contribution in [3.63, 3.8) is 0 Å². The fraction of sp³-hybridized carbons (Fsp3) is 0.0526. The van der Waals surface area contributed by atoms with E-state index < -0.39 is 0 Å². The van der Waals surface area contributed by atoms with Crippen molar-refractivity contribution in [3.8, 4) is 0 Å². The van der Waals surface area contributed by atoms with Crippen molar-refractivity contribution in [3.05, 3.63) is 84.4 Å². The van der Waals surface area contributed by atoms with E-state index in [0.29, 0.717) is 17.3 Å². The lowest BCUT2D eigenvalue weighted by molar-refractivity contribution is 0.879. The SMILES string of the molecule is Nc1ccc2c(NC(c3ccccc3)c3ccccn3)ncnc2n1. The van der Waals surface area contributed by atoms with Gasteiger partial charge in [-0.25, -0.2) is 15.0 Å². The van der Waals surface area contributed by atoms with E-state index in [2.05, 4.69) is 37.4 Å². The van der Waals surface area contributed by atoms with Crippen molar-refractivity contribution >= 4 is 22.7 Å². The Morgan fingerprint density at radius 1 is 0.840 bits per heavy atom. The van der Waals surface area contributed by atoms with Crippen LogP contribution in [0.5, 0.6) is 0 Å². The van der Waals surface area contributed by atoms with Crippen LogP contribution in [-0.4, -0.2) is 19.9 Å². The number of nitrogen functional groups attached to an aromatic ring is 1. The minimum atomic E-state index is -0.141. The molecule has 1 atom stereocenters. The van der Waals surface area contributed by atoms with Gasteiger partial charge in [0.05, 0.1) is 17.1 Å². The molecule has 0 aliphatic carbocycles. The Morgan fingerprint density at radius 3 is 2.48 bits per heavy atom. The molecule has 0 saturated heterocycles. The zero-order valence-electron chi connectivity index (χ0n) is 13.4. The molecule has 1 aromatic carbocycles. The van der Waals surface area contributed by atoms with E-state index in [1.54, 1.807) is 12.3 Å². The summed E-state index contributed by atoms with van der Waals surface area (Å²) in [5.74, 6) is 1.12. The minimum Gasteiger partial charge on any atom is -0.384 e.